The minimum atomic E-state index is -3.83. The molecule has 8 nitrogen and oxygen atoms in total. The second kappa shape index (κ2) is 7.65. The van der Waals surface area contributed by atoms with Crippen LogP contribution in [0.2, 0.25) is 5.02 Å². The van der Waals surface area contributed by atoms with E-state index in [-0.39, 0.29) is 38.8 Å². The molecule has 25 heavy (non-hydrogen) atoms. The van der Waals surface area contributed by atoms with E-state index in [1.54, 1.807) is 6.07 Å². The van der Waals surface area contributed by atoms with Crippen LogP contribution in [0.25, 0.3) is 0 Å². The van der Waals surface area contributed by atoms with Gasteiger partial charge < -0.3 is 4.74 Å². The Morgan fingerprint density at radius 2 is 1.96 bits per heavy atom. The summed E-state index contributed by atoms with van der Waals surface area (Å²) in [4.78, 5) is 7.85. The summed E-state index contributed by atoms with van der Waals surface area (Å²) in [7, 11) is -6.08. The van der Waals surface area contributed by atoms with Gasteiger partial charge in [-0.3, -0.25) is 4.98 Å². The highest BCUT2D eigenvalue weighted by Gasteiger charge is 2.20. The van der Waals surface area contributed by atoms with Crippen molar-refractivity contribution in [3.05, 3.63) is 41.2 Å². The van der Waals surface area contributed by atoms with Crippen LogP contribution in [0.15, 0.2) is 40.4 Å². The summed E-state index contributed by atoms with van der Waals surface area (Å²) in [5.74, 6) is -0.200. The number of halogens is 1. The summed E-state index contributed by atoms with van der Waals surface area (Å²) < 4.78 is 55.6. The van der Waals surface area contributed by atoms with E-state index in [1.165, 1.54) is 32.2 Å². The third-order valence-electron chi connectivity index (χ3n) is 3.22. The first-order valence-electron chi connectivity index (χ1n) is 7.07. The third kappa shape index (κ3) is 4.66. The lowest BCUT2D eigenvalue weighted by Gasteiger charge is -2.10. The van der Waals surface area contributed by atoms with Crippen LogP contribution in [0.4, 0.5) is 0 Å². The monoisotopic (exact) mass is 405 g/mol. The number of nitrogens with one attached hydrogen (secondary N) is 1. The number of nitrogens with zero attached hydrogens (tertiary/aromatic N) is 2. The molecule has 0 spiro atoms. The molecule has 0 aliphatic carbocycles. The Labute approximate surface area is 151 Å². The van der Waals surface area contributed by atoms with Crippen LogP contribution in [0.3, 0.4) is 0 Å². The molecule has 2 rings (SSSR count). The summed E-state index contributed by atoms with van der Waals surface area (Å²) >= 11 is 5.80. The molecule has 0 aliphatic heterocycles. The molecule has 0 aliphatic rings. The molecular formula is C14H16ClN3O5S2. The van der Waals surface area contributed by atoms with Crippen molar-refractivity contribution >= 4 is 31.5 Å². The highest BCUT2D eigenvalue weighted by atomic mass is 35.5. The Hall–Kier alpha value is -1.75. The average molecular weight is 406 g/mol. The fraction of sp³-hybridized carbons (Fsp3) is 0.286. The Kier molecular flexibility index (Phi) is 5.99. The van der Waals surface area contributed by atoms with Crippen LogP contribution < -0.4 is 9.46 Å². The standard InChI is InChI=1S/C14H16ClN3O5S2/c1-3-24(19,20)13-9-16-12(14(18-13)23-2)8-17-25(21,22)11-6-4-5-10(15)7-11/h4-7,9,17H,3,8H2,1-2H3. The summed E-state index contributed by atoms with van der Waals surface area (Å²) in [5.41, 5.74) is 0.156. The Balaban J connectivity index is 2.26. The van der Waals surface area contributed by atoms with Gasteiger partial charge in [-0.05, 0) is 18.2 Å². The first-order valence-corrected chi connectivity index (χ1v) is 10.6. The Bertz CT molecular complexity index is 978. The molecule has 0 fully saturated rings. The Morgan fingerprint density at radius 1 is 1.24 bits per heavy atom. The van der Waals surface area contributed by atoms with Gasteiger partial charge in [-0.2, -0.15) is 4.98 Å². The number of benzene rings is 1. The molecule has 1 aromatic heterocycles. The van der Waals surface area contributed by atoms with Crippen molar-refractivity contribution in [2.24, 2.45) is 0 Å². The molecule has 0 saturated heterocycles. The van der Waals surface area contributed by atoms with Crippen molar-refractivity contribution in [1.82, 2.24) is 14.7 Å². The van der Waals surface area contributed by atoms with E-state index >= 15 is 0 Å². The number of ether oxygens (including phenoxy) is 1. The lowest BCUT2D eigenvalue weighted by Crippen LogP contribution is -2.24. The molecule has 0 radical (unpaired) electrons. The summed E-state index contributed by atoms with van der Waals surface area (Å²) in [6.45, 7) is 1.26. The normalized spacial score (nSPS) is 12.1. The molecule has 2 aromatic rings. The van der Waals surface area contributed by atoms with Crippen molar-refractivity contribution in [3.63, 3.8) is 0 Å². The van der Waals surface area contributed by atoms with Crippen molar-refractivity contribution in [2.75, 3.05) is 12.9 Å². The van der Waals surface area contributed by atoms with Gasteiger partial charge in [0.25, 0.3) is 0 Å². The first kappa shape index (κ1) is 19.6. The molecule has 136 valence electrons. The van der Waals surface area contributed by atoms with Gasteiger partial charge in [-0.1, -0.05) is 24.6 Å². The summed E-state index contributed by atoms with van der Waals surface area (Å²) in [6, 6.07) is 5.78. The van der Waals surface area contributed by atoms with Crippen molar-refractivity contribution in [2.45, 2.75) is 23.4 Å². The maximum absolute atomic E-state index is 12.3. The van der Waals surface area contributed by atoms with Crippen molar-refractivity contribution in [3.8, 4) is 5.88 Å². The van der Waals surface area contributed by atoms with Gasteiger partial charge in [-0.25, -0.2) is 21.6 Å². The quantitative estimate of drug-likeness (QED) is 0.740. The zero-order valence-corrected chi connectivity index (χ0v) is 15.8. The van der Waals surface area contributed by atoms with Crippen LogP contribution in [0.5, 0.6) is 5.88 Å². The SMILES string of the molecule is CCS(=O)(=O)c1cnc(CNS(=O)(=O)c2cccc(Cl)c2)c(OC)n1. The lowest BCUT2D eigenvalue weighted by atomic mass is 10.4. The van der Waals surface area contributed by atoms with Gasteiger partial charge in [0.15, 0.2) is 14.9 Å². The number of hydrogen-bond donors (Lipinski definition) is 1. The van der Waals surface area contributed by atoms with E-state index in [0.29, 0.717) is 0 Å². The zero-order chi connectivity index (χ0) is 18.7. The molecular weight excluding hydrogens is 390 g/mol. The van der Waals surface area contributed by atoms with E-state index in [9.17, 15) is 16.8 Å². The minimum Gasteiger partial charge on any atom is -0.480 e. The van der Waals surface area contributed by atoms with E-state index in [4.69, 9.17) is 16.3 Å². The van der Waals surface area contributed by atoms with Gasteiger partial charge >= 0.3 is 0 Å². The molecule has 1 aromatic carbocycles. The topological polar surface area (TPSA) is 115 Å². The maximum atomic E-state index is 12.3. The van der Waals surface area contributed by atoms with Crippen molar-refractivity contribution in [1.29, 1.82) is 0 Å². The van der Waals surface area contributed by atoms with Gasteiger partial charge in [-0.15, -0.1) is 0 Å². The van der Waals surface area contributed by atoms with Crippen LogP contribution in [-0.4, -0.2) is 39.7 Å². The average Bonchev–Trinajstić information content (AvgIpc) is 2.59. The van der Waals surface area contributed by atoms with Crippen LogP contribution >= 0.6 is 11.6 Å². The maximum Gasteiger partial charge on any atom is 0.240 e. The highest BCUT2D eigenvalue weighted by molar-refractivity contribution is 7.91. The molecule has 0 amide bonds. The van der Waals surface area contributed by atoms with Gasteiger partial charge in [0, 0.05) is 5.02 Å². The van der Waals surface area contributed by atoms with E-state index in [1.807, 2.05) is 0 Å². The predicted octanol–water partition coefficient (Wildman–Crippen LogP) is 1.41. The zero-order valence-electron chi connectivity index (χ0n) is 13.4. The van der Waals surface area contributed by atoms with Crippen LogP contribution in [-0.2, 0) is 26.4 Å². The van der Waals surface area contributed by atoms with Gasteiger partial charge in [0.05, 0.1) is 30.5 Å². The first-order chi connectivity index (χ1) is 11.7. The number of sulfone groups is 1. The van der Waals surface area contributed by atoms with E-state index < -0.39 is 19.9 Å². The fourth-order valence-corrected chi connectivity index (χ4v) is 3.86. The predicted molar refractivity (Wildman–Crippen MR) is 91.8 cm³/mol. The minimum absolute atomic E-state index is 0.00268. The Morgan fingerprint density at radius 3 is 2.56 bits per heavy atom. The largest absolute Gasteiger partial charge is 0.480 e. The highest BCUT2D eigenvalue weighted by Crippen LogP contribution is 2.19. The number of methoxy groups -OCH3 is 1. The van der Waals surface area contributed by atoms with E-state index in [0.717, 1.165) is 6.20 Å². The molecule has 0 bridgehead atoms. The second-order valence-electron chi connectivity index (χ2n) is 4.85. The van der Waals surface area contributed by atoms with Gasteiger partial charge in [0.1, 0.15) is 5.69 Å². The smallest absolute Gasteiger partial charge is 0.240 e. The molecule has 0 saturated carbocycles. The number of sulfonamides is 1. The lowest BCUT2D eigenvalue weighted by molar-refractivity contribution is 0.384. The van der Waals surface area contributed by atoms with E-state index in [2.05, 4.69) is 14.7 Å². The van der Waals surface area contributed by atoms with Crippen LogP contribution in [0, 0.1) is 0 Å². The number of rotatable bonds is 7. The molecule has 0 atom stereocenters. The molecule has 11 heteroatoms. The number of hydrogen-bond acceptors (Lipinski definition) is 7. The molecule has 1 N–H and O–H groups in total. The fourth-order valence-electron chi connectivity index (χ4n) is 1.85. The molecule has 1 heterocycles. The molecule has 0 unspecified atom stereocenters. The number of aromatic nitrogens is 2. The summed E-state index contributed by atoms with van der Waals surface area (Å²) in [5, 5.41) is 0.0580. The third-order valence-corrected chi connectivity index (χ3v) is 6.45. The van der Waals surface area contributed by atoms with Crippen molar-refractivity contribution < 1.29 is 21.6 Å². The van der Waals surface area contributed by atoms with Crippen LogP contribution in [0.1, 0.15) is 12.6 Å². The second-order valence-corrected chi connectivity index (χ2v) is 9.28. The van der Waals surface area contributed by atoms with Gasteiger partial charge in [0.2, 0.25) is 15.9 Å². The summed E-state index contributed by atoms with van der Waals surface area (Å²) in [6.07, 6.45) is 1.07.